The zero-order valence-corrected chi connectivity index (χ0v) is 16.9. The number of carboxylic acids is 1. The molecule has 2 aliphatic rings. The SMILES string of the molecule is CO[C@]1(NC(=O)C(F)c2ccccc2)C(=O)N2C(C(=O)O)=C(COC(C)=O)CS[C@@H]21. The van der Waals surface area contributed by atoms with Crippen LogP contribution >= 0.6 is 11.8 Å². The lowest BCUT2D eigenvalue weighted by Gasteiger charge is -2.55. The fourth-order valence-corrected chi connectivity index (χ4v) is 4.68. The number of nitrogens with zero attached hydrogens (tertiary/aromatic N) is 1. The molecule has 0 spiro atoms. The second-order valence-corrected chi connectivity index (χ2v) is 7.65. The first-order valence-corrected chi connectivity index (χ1v) is 9.88. The van der Waals surface area contributed by atoms with Crippen molar-refractivity contribution >= 4 is 35.5 Å². The van der Waals surface area contributed by atoms with Gasteiger partial charge in [-0.3, -0.25) is 19.3 Å². The van der Waals surface area contributed by atoms with E-state index >= 15 is 0 Å². The summed E-state index contributed by atoms with van der Waals surface area (Å²) in [7, 11) is 1.17. The molecule has 1 fully saturated rings. The van der Waals surface area contributed by atoms with E-state index in [4.69, 9.17) is 9.47 Å². The van der Waals surface area contributed by atoms with Gasteiger partial charge in [-0.2, -0.15) is 0 Å². The lowest BCUT2D eigenvalue weighted by Crippen LogP contribution is -2.80. The Balaban J connectivity index is 1.84. The Bertz CT molecular complexity index is 923. The van der Waals surface area contributed by atoms with Crippen molar-refractivity contribution in [3.63, 3.8) is 0 Å². The van der Waals surface area contributed by atoms with Crippen LogP contribution in [0.3, 0.4) is 0 Å². The predicted octanol–water partition coefficient (Wildman–Crippen LogP) is 0.973. The molecular formula is C19H19FN2O7S. The number of carbonyl (C=O) groups is 4. The van der Waals surface area contributed by atoms with Crippen LogP contribution in [0.5, 0.6) is 0 Å². The van der Waals surface area contributed by atoms with Crippen LogP contribution in [0.15, 0.2) is 41.6 Å². The summed E-state index contributed by atoms with van der Waals surface area (Å²) in [4.78, 5) is 49.1. The van der Waals surface area contributed by atoms with Gasteiger partial charge in [-0.15, -0.1) is 11.8 Å². The van der Waals surface area contributed by atoms with Gasteiger partial charge in [0.2, 0.25) is 6.17 Å². The van der Waals surface area contributed by atoms with E-state index in [1.165, 1.54) is 26.2 Å². The van der Waals surface area contributed by atoms with Crippen LogP contribution in [-0.2, 0) is 28.7 Å². The van der Waals surface area contributed by atoms with Gasteiger partial charge < -0.3 is 19.9 Å². The van der Waals surface area contributed by atoms with E-state index in [0.29, 0.717) is 0 Å². The first kappa shape index (κ1) is 21.8. The highest BCUT2D eigenvalue weighted by Crippen LogP contribution is 2.46. The third-order valence-electron chi connectivity index (χ3n) is 4.72. The van der Waals surface area contributed by atoms with Crippen molar-refractivity contribution in [3.05, 3.63) is 47.2 Å². The van der Waals surface area contributed by atoms with Crippen LogP contribution in [-0.4, -0.2) is 64.3 Å². The van der Waals surface area contributed by atoms with Crippen LogP contribution in [0.1, 0.15) is 18.7 Å². The lowest BCUT2D eigenvalue weighted by molar-refractivity contribution is -0.193. The molecule has 1 unspecified atom stereocenters. The summed E-state index contributed by atoms with van der Waals surface area (Å²) in [5.41, 5.74) is -1.91. The second-order valence-electron chi connectivity index (χ2n) is 6.58. The van der Waals surface area contributed by atoms with Crippen LogP contribution < -0.4 is 5.32 Å². The Morgan fingerprint density at radius 1 is 1.37 bits per heavy atom. The number of hydrogen-bond acceptors (Lipinski definition) is 7. The average molecular weight is 438 g/mol. The number of fused-ring (bicyclic) bond motifs is 1. The highest BCUT2D eigenvalue weighted by atomic mass is 32.2. The number of halogens is 1. The fourth-order valence-electron chi connectivity index (χ4n) is 3.26. The summed E-state index contributed by atoms with van der Waals surface area (Å²) in [6, 6.07) is 7.68. The number of amides is 2. The van der Waals surface area contributed by atoms with E-state index in [9.17, 15) is 28.7 Å². The van der Waals surface area contributed by atoms with Gasteiger partial charge in [0, 0.05) is 25.4 Å². The number of β-lactam (4-membered cyclic amide) rings is 1. The fraction of sp³-hybridized carbons (Fsp3) is 0.368. The number of carbonyl (C=O) groups excluding carboxylic acids is 3. The number of carboxylic acid groups (broad SMARTS) is 1. The minimum atomic E-state index is -2.04. The Hall–Kier alpha value is -2.92. The molecule has 0 bridgehead atoms. The average Bonchev–Trinajstić information content (AvgIpc) is 2.74. The monoisotopic (exact) mass is 438 g/mol. The number of methoxy groups -OCH3 is 1. The van der Waals surface area contributed by atoms with Gasteiger partial charge in [0.1, 0.15) is 17.7 Å². The lowest BCUT2D eigenvalue weighted by atomic mass is 9.97. The number of ether oxygens (including phenoxy) is 2. The maximum absolute atomic E-state index is 14.6. The van der Waals surface area contributed by atoms with Crippen molar-refractivity contribution in [2.75, 3.05) is 19.5 Å². The molecule has 0 radical (unpaired) electrons. The third kappa shape index (κ3) is 3.65. The molecule has 2 heterocycles. The van der Waals surface area contributed by atoms with Gasteiger partial charge in [0.25, 0.3) is 17.5 Å². The zero-order valence-electron chi connectivity index (χ0n) is 16.1. The van der Waals surface area contributed by atoms with Crippen LogP contribution in [0.4, 0.5) is 4.39 Å². The molecule has 0 aromatic heterocycles. The maximum atomic E-state index is 14.6. The number of esters is 1. The molecule has 160 valence electrons. The van der Waals surface area contributed by atoms with Gasteiger partial charge in [-0.05, 0) is 5.56 Å². The van der Waals surface area contributed by atoms with Gasteiger partial charge >= 0.3 is 11.9 Å². The zero-order chi connectivity index (χ0) is 22.1. The third-order valence-corrected chi connectivity index (χ3v) is 6.09. The van der Waals surface area contributed by atoms with Crippen LogP contribution in [0.2, 0.25) is 0 Å². The Morgan fingerprint density at radius 3 is 2.60 bits per heavy atom. The van der Waals surface area contributed by atoms with E-state index < -0.39 is 41.0 Å². The minimum Gasteiger partial charge on any atom is -0.477 e. The molecule has 1 aromatic rings. The van der Waals surface area contributed by atoms with Gasteiger partial charge in [-0.1, -0.05) is 30.3 Å². The van der Waals surface area contributed by atoms with Crippen molar-refractivity contribution in [2.45, 2.75) is 24.2 Å². The van der Waals surface area contributed by atoms with E-state index in [1.54, 1.807) is 18.2 Å². The quantitative estimate of drug-likeness (QED) is 0.367. The van der Waals surface area contributed by atoms with Gasteiger partial charge in [0.15, 0.2) is 0 Å². The van der Waals surface area contributed by atoms with Crippen molar-refractivity contribution in [3.8, 4) is 0 Å². The van der Waals surface area contributed by atoms with Crippen LogP contribution in [0.25, 0.3) is 0 Å². The standard InChI is InChI=1S/C19H19FN2O7S/c1-10(23)29-8-12-9-30-18-19(28-2,17(27)22(18)14(12)16(25)26)21-15(24)13(20)11-6-4-3-5-7-11/h3-7,13,18H,8-9H2,1-2H3,(H,21,24)(H,25,26)/t13?,18-,19-/m1/s1. The predicted molar refractivity (Wildman–Crippen MR) is 103 cm³/mol. The summed E-state index contributed by atoms with van der Waals surface area (Å²) in [6.07, 6.45) is -2.04. The number of nitrogens with one attached hydrogen (secondary N) is 1. The molecule has 30 heavy (non-hydrogen) atoms. The summed E-state index contributed by atoms with van der Waals surface area (Å²) in [6.45, 7) is 0.896. The van der Waals surface area contributed by atoms with Crippen molar-refractivity contribution < 1.29 is 38.1 Å². The van der Waals surface area contributed by atoms with Crippen molar-refractivity contribution in [1.82, 2.24) is 10.2 Å². The van der Waals surface area contributed by atoms with Crippen molar-refractivity contribution in [1.29, 1.82) is 0 Å². The normalized spacial score (nSPS) is 23.9. The van der Waals surface area contributed by atoms with E-state index in [1.807, 2.05) is 0 Å². The summed E-state index contributed by atoms with van der Waals surface area (Å²) in [5, 5.41) is 11.0. The second kappa shape index (κ2) is 8.44. The van der Waals surface area contributed by atoms with Crippen LogP contribution in [0, 0.1) is 0 Å². The highest BCUT2D eigenvalue weighted by molar-refractivity contribution is 8.00. The summed E-state index contributed by atoms with van der Waals surface area (Å²) in [5.74, 6) is -3.80. The topological polar surface area (TPSA) is 122 Å². The van der Waals surface area contributed by atoms with Gasteiger partial charge in [-0.25, -0.2) is 9.18 Å². The Kier molecular flexibility index (Phi) is 6.13. The molecule has 3 rings (SSSR count). The Morgan fingerprint density at radius 2 is 2.03 bits per heavy atom. The number of aliphatic carboxylic acids is 1. The molecule has 3 atom stereocenters. The number of thioether (sulfide) groups is 1. The van der Waals surface area contributed by atoms with Gasteiger partial charge in [0.05, 0.1) is 0 Å². The molecular weight excluding hydrogens is 419 g/mol. The largest absolute Gasteiger partial charge is 0.477 e. The van der Waals surface area contributed by atoms with E-state index in [-0.39, 0.29) is 29.2 Å². The Labute approximate surface area is 175 Å². The van der Waals surface area contributed by atoms with Crippen molar-refractivity contribution in [2.24, 2.45) is 0 Å². The van der Waals surface area contributed by atoms with E-state index in [0.717, 1.165) is 16.7 Å². The number of benzene rings is 1. The molecule has 0 saturated carbocycles. The van der Waals surface area contributed by atoms with E-state index in [2.05, 4.69) is 5.32 Å². The summed E-state index contributed by atoms with van der Waals surface area (Å²) < 4.78 is 24.7. The smallest absolute Gasteiger partial charge is 0.352 e. The summed E-state index contributed by atoms with van der Waals surface area (Å²) >= 11 is 1.11. The highest BCUT2D eigenvalue weighted by Gasteiger charge is 2.67. The molecule has 2 N–H and O–H groups in total. The molecule has 2 amide bonds. The first-order chi connectivity index (χ1) is 14.2. The minimum absolute atomic E-state index is 0.107. The number of alkyl halides is 1. The molecule has 1 aromatic carbocycles. The number of hydrogen-bond donors (Lipinski definition) is 2. The molecule has 1 saturated heterocycles. The molecule has 2 aliphatic heterocycles. The molecule has 0 aliphatic carbocycles. The number of rotatable bonds is 7. The first-order valence-electron chi connectivity index (χ1n) is 8.83. The molecule has 11 heteroatoms. The maximum Gasteiger partial charge on any atom is 0.352 e. The molecule has 9 nitrogen and oxygen atoms in total.